The molecule has 2 rings (SSSR count). The summed E-state index contributed by atoms with van der Waals surface area (Å²) in [5, 5.41) is 2.40. The maximum absolute atomic E-state index is 12.4. The number of alkyl halides is 3. The second kappa shape index (κ2) is 7.06. The highest BCUT2D eigenvalue weighted by molar-refractivity contribution is 5.90. The van der Waals surface area contributed by atoms with Gasteiger partial charge < -0.3 is 4.90 Å². The number of nitrogens with one attached hydrogen (secondary N) is 2. The van der Waals surface area contributed by atoms with Crippen molar-refractivity contribution in [2.75, 3.05) is 12.4 Å². The first kappa shape index (κ1) is 19.3. The summed E-state index contributed by atoms with van der Waals surface area (Å²) in [6.07, 6.45) is -3.91. The lowest BCUT2D eigenvalue weighted by Gasteiger charge is -2.18. The number of halogens is 3. The van der Waals surface area contributed by atoms with Crippen molar-refractivity contribution in [2.45, 2.75) is 26.6 Å². The fourth-order valence-electron chi connectivity index (χ4n) is 1.88. The molecule has 0 aromatic carbocycles. The van der Waals surface area contributed by atoms with Crippen molar-refractivity contribution in [3.8, 4) is 0 Å². The van der Waals surface area contributed by atoms with Gasteiger partial charge in [-0.25, -0.2) is 9.97 Å². The molecule has 26 heavy (non-hydrogen) atoms. The molecule has 0 atom stereocenters. The van der Waals surface area contributed by atoms with Crippen molar-refractivity contribution in [1.82, 2.24) is 24.8 Å². The Labute approximate surface area is 144 Å². The van der Waals surface area contributed by atoms with Crippen LogP contribution in [0.1, 0.15) is 19.5 Å². The van der Waals surface area contributed by atoms with Crippen LogP contribution in [0.5, 0.6) is 0 Å². The van der Waals surface area contributed by atoms with E-state index in [2.05, 4.69) is 25.3 Å². The van der Waals surface area contributed by atoms with E-state index in [9.17, 15) is 27.6 Å². The number of hydrogen-bond acceptors (Lipinski definition) is 6. The lowest BCUT2D eigenvalue weighted by atomic mass is 10.2. The van der Waals surface area contributed by atoms with Crippen molar-refractivity contribution in [1.29, 1.82) is 0 Å². The highest BCUT2D eigenvalue weighted by Crippen LogP contribution is 2.18. The highest BCUT2D eigenvalue weighted by atomic mass is 19.4. The highest BCUT2D eigenvalue weighted by Gasteiger charge is 2.41. The molecule has 2 N–H and O–H groups in total. The molecule has 12 heteroatoms. The van der Waals surface area contributed by atoms with Gasteiger partial charge in [-0.15, -0.1) is 0 Å². The molecule has 0 bridgehead atoms. The van der Waals surface area contributed by atoms with Gasteiger partial charge in [0.2, 0.25) is 11.9 Å². The summed E-state index contributed by atoms with van der Waals surface area (Å²) >= 11 is 0. The minimum atomic E-state index is -5.01. The average molecular weight is 372 g/mol. The first-order chi connectivity index (χ1) is 12.0. The average Bonchev–Trinajstić information content (AvgIpc) is 2.53. The Balaban J connectivity index is 2.29. The van der Waals surface area contributed by atoms with Crippen LogP contribution in [0.15, 0.2) is 11.0 Å². The van der Waals surface area contributed by atoms with Crippen LogP contribution in [0.3, 0.4) is 0 Å². The Morgan fingerprint density at radius 2 is 1.96 bits per heavy atom. The van der Waals surface area contributed by atoms with Crippen molar-refractivity contribution in [2.24, 2.45) is 5.92 Å². The number of anilines is 1. The number of aromatic amines is 1. The molecule has 0 saturated carbocycles. The molecule has 0 saturated heterocycles. The lowest BCUT2D eigenvalue weighted by molar-refractivity contribution is -0.184. The summed E-state index contributed by atoms with van der Waals surface area (Å²) in [6, 6.07) is 0. The Hall–Kier alpha value is -3.05. The van der Waals surface area contributed by atoms with Gasteiger partial charge in [-0.05, 0) is 0 Å². The summed E-state index contributed by atoms with van der Waals surface area (Å²) in [7, 11) is 0.953. The molecule has 2 heterocycles. The van der Waals surface area contributed by atoms with E-state index in [1.165, 1.54) is 0 Å². The van der Waals surface area contributed by atoms with Gasteiger partial charge in [0.1, 0.15) is 0 Å². The minimum Gasteiger partial charge on any atom is -0.332 e. The van der Waals surface area contributed by atoms with E-state index in [0.717, 1.165) is 13.2 Å². The Kier molecular flexibility index (Phi) is 5.23. The third-order valence-corrected chi connectivity index (χ3v) is 3.22. The SMILES string of the molecule is CC(C)C(=O)Nc1nc2ncc(CN(C)C(=O)C(F)(F)F)nc2c(=O)[nH]1. The van der Waals surface area contributed by atoms with Gasteiger partial charge >= 0.3 is 12.1 Å². The van der Waals surface area contributed by atoms with Crippen LogP contribution in [-0.2, 0) is 16.1 Å². The molecule has 0 radical (unpaired) electrons. The zero-order valence-electron chi connectivity index (χ0n) is 14.0. The van der Waals surface area contributed by atoms with Crippen LogP contribution in [0.2, 0.25) is 0 Å². The van der Waals surface area contributed by atoms with Crippen LogP contribution in [0, 0.1) is 5.92 Å². The number of fused-ring (bicyclic) bond motifs is 1. The molecule has 0 aliphatic heterocycles. The number of carbonyl (C=O) groups is 2. The van der Waals surface area contributed by atoms with Crippen molar-refractivity contribution < 1.29 is 22.8 Å². The molecule has 2 aromatic heterocycles. The number of amides is 2. The van der Waals surface area contributed by atoms with E-state index in [1.807, 2.05) is 0 Å². The number of carbonyl (C=O) groups excluding carboxylic acids is 2. The van der Waals surface area contributed by atoms with Crippen molar-refractivity contribution >= 4 is 28.9 Å². The summed E-state index contributed by atoms with van der Waals surface area (Å²) in [4.78, 5) is 49.2. The number of hydrogen-bond donors (Lipinski definition) is 2. The van der Waals surface area contributed by atoms with Gasteiger partial charge in [-0.2, -0.15) is 18.2 Å². The maximum Gasteiger partial charge on any atom is 0.471 e. The first-order valence-electron chi connectivity index (χ1n) is 7.38. The van der Waals surface area contributed by atoms with Crippen LogP contribution >= 0.6 is 0 Å². The van der Waals surface area contributed by atoms with E-state index in [4.69, 9.17) is 0 Å². The molecule has 0 spiro atoms. The smallest absolute Gasteiger partial charge is 0.332 e. The van der Waals surface area contributed by atoms with Gasteiger partial charge in [0.25, 0.3) is 5.56 Å². The van der Waals surface area contributed by atoms with Gasteiger partial charge in [0.15, 0.2) is 11.2 Å². The predicted octanol–water partition coefficient (Wildman–Crippen LogP) is 0.828. The van der Waals surface area contributed by atoms with Gasteiger partial charge in [0, 0.05) is 13.0 Å². The fourth-order valence-corrected chi connectivity index (χ4v) is 1.88. The summed E-state index contributed by atoms with van der Waals surface area (Å²) < 4.78 is 37.2. The molecule has 0 fully saturated rings. The van der Waals surface area contributed by atoms with Crippen molar-refractivity contribution in [3.05, 3.63) is 22.2 Å². The Morgan fingerprint density at radius 1 is 1.31 bits per heavy atom. The fraction of sp³-hybridized carbons (Fsp3) is 0.429. The van der Waals surface area contributed by atoms with Crippen LogP contribution in [0.25, 0.3) is 11.2 Å². The van der Waals surface area contributed by atoms with Gasteiger partial charge in [-0.1, -0.05) is 13.8 Å². The molecule has 2 aromatic rings. The van der Waals surface area contributed by atoms with Gasteiger partial charge in [0.05, 0.1) is 18.4 Å². The molecule has 0 aliphatic carbocycles. The Bertz CT molecular complexity index is 909. The molecule has 9 nitrogen and oxygen atoms in total. The summed E-state index contributed by atoms with van der Waals surface area (Å²) in [5.74, 6) is -2.87. The van der Waals surface area contributed by atoms with E-state index < -0.39 is 24.2 Å². The van der Waals surface area contributed by atoms with Crippen LogP contribution in [0.4, 0.5) is 19.1 Å². The van der Waals surface area contributed by atoms with E-state index in [1.54, 1.807) is 13.8 Å². The number of H-pyrrole nitrogens is 1. The number of rotatable bonds is 4. The van der Waals surface area contributed by atoms with Crippen molar-refractivity contribution in [3.63, 3.8) is 0 Å². The number of aromatic nitrogens is 4. The molecule has 0 aliphatic rings. The summed E-state index contributed by atoms with van der Waals surface area (Å²) in [6.45, 7) is 2.81. The van der Waals surface area contributed by atoms with E-state index >= 15 is 0 Å². The monoisotopic (exact) mass is 372 g/mol. The molecule has 0 unspecified atom stereocenters. The minimum absolute atomic E-state index is 0.0242. The van der Waals surface area contributed by atoms with E-state index in [0.29, 0.717) is 4.90 Å². The van der Waals surface area contributed by atoms with Crippen LogP contribution < -0.4 is 10.9 Å². The first-order valence-corrected chi connectivity index (χ1v) is 7.38. The zero-order valence-corrected chi connectivity index (χ0v) is 14.0. The lowest BCUT2D eigenvalue weighted by Crippen LogP contribution is -2.38. The maximum atomic E-state index is 12.4. The quantitative estimate of drug-likeness (QED) is 0.820. The van der Waals surface area contributed by atoms with Crippen LogP contribution in [-0.4, -0.2) is 49.9 Å². The van der Waals surface area contributed by atoms with Gasteiger partial charge in [-0.3, -0.25) is 24.7 Å². The third-order valence-electron chi connectivity index (χ3n) is 3.22. The molecular formula is C14H15F3N6O3. The topological polar surface area (TPSA) is 121 Å². The second-order valence-corrected chi connectivity index (χ2v) is 5.75. The Morgan fingerprint density at radius 3 is 2.54 bits per heavy atom. The third kappa shape index (κ3) is 4.32. The number of nitrogens with zero attached hydrogens (tertiary/aromatic N) is 4. The molecule has 140 valence electrons. The zero-order chi connectivity index (χ0) is 19.6. The summed E-state index contributed by atoms with van der Waals surface area (Å²) in [5.41, 5.74) is -1.07. The molecular weight excluding hydrogens is 357 g/mol. The molecule has 2 amide bonds. The van der Waals surface area contributed by atoms with E-state index in [-0.39, 0.29) is 34.6 Å². The predicted molar refractivity (Wildman–Crippen MR) is 84.0 cm³/mol. The normalized spacial score (nSPS) is 11.7. The second-order valence-electron chi connectivity index (χ2n) is 5.75. The standard InChI is InChI=1S/C14H15F3N6O3/c1-6(2)10(24)21-13-20-9-8(11(25)22-13)19-7(4-18-9)5-23(3)12(26)14(15,16)17/h4,6H,5H2,1-3H3,(H2,18,20,21,22,24,25). The largest absolute Gasteiger partial charge is 0.471 e.